The number of aryl methyl sites for hydroxylation is 1. The van der Waals surface area contributed by atoms with Crippen molar-refractivity contribution in [2.24, 2.45) is 7.05 Å². The van der Waals surface area contributed by atoms with Gasteiger partial charge in [0.25, 0.3) is 0 Å². The second-order valence-corrected chi connectivity index (χ2v) is 6.35. The van der Waals surface area contributed by atoms with Crippen LogP contribution >= 0.6 is 15.9 Å². The lowest BCUT2D eigenvalue weighted by Gasteiger charge is -2.13. The predicted molar refractivity (Wildman–Crippen MR) is 88.5 cm³/mol. The first-order valence-electron chi connectivity index (χ1n) is 7.34. The van der Waals surface area contributed by atoms with Crippen molar-refractivity contribution in [2.45, 2.75) is 18.9 Å². The van der Waals surface area contributed by atoms with Crippen LogP contribution in [-0.4, -0.2) is 36.8 Å². The zero-order valence-electron chi connectivity index (χ0n) is 12.7. The zero-order chi connectivity index (χ0) is 15.7. The van der Waals surface area contributed by atoms with Crippen molar-refractivity contribution in [1.29, 1.82) is 0 Å². The van der Waals surface area contributed by atoms with Gasteiger partial charge < -0.3 is 19.4 Å². The fourth-order valence-electron chi connectivity index (χ4n) is 2.91. The molecule has 0 radical (unpaired) electrons. The Hall–Kier alpha value is -1.53. The minimum atomic E-state index is -0.353. The molecular formula is C16H19BrN2O3. The van der Waals surface area contributed by atoms with Crippen LogP contribution in [0.3, 0.4) is 0 Å². The highest BCUT2D eigenvalue weighted by molar-refractivity contribution is 9.10. The Morgan fingerprint density at radius 1 is 1.50 bits per heavy atom. The maximum Gasteiger partial charge on any atom is 0.354 e. The number of benzene rings is 1. The van der Waals surface area contributed by atoms with Crippen molar-refractivity contribution in [1.82, 2.24) is 9.88 Å². The average Bonchev–Trinajstić information content (AvgIpc) is 3.14. The molecule has 3 rings (SSSR count). The summed E-state index contributed by atoms with van der Waals surface area (Å²) in [5.41, 5.74) is 1.44. The van der Waals surface area contributed by atoms with E-state index in [1.807, 2.05) is 29.8 Å². The van der Waals surface area contributed by atoms with Crippen LogP contribution in [0.1, 0.15) is 23.3 Å². The van der Waals surface area contributed by atoms with Gasteiger partial charge in [-0.25, -0.2) is 4.79 Å². The van der Waals surface area contributed by atoms with Crippen molar-refractivity contribution in [3.8, 4) is 5.75 Å². The summed E-state index contributed by atoms with van der Waals surface area (Å²) < 4.78 is 13.6. The molecule has 118 valence electrons. The van der Waals surface area contributed by atoms with E-state index in [1.54, 1.807) is 0 Å². The molecule has 0 unspecified atom stereocenters. The third-order valence-corrected chi connectivity index (χ3v) is 4.74. The Bertz CT molecular complexity index is 705. The highest BCUT2D eigenvalue weighted by atomic mass is 79.9. The number of esters is 1. The van der Waals surface area contributed by atoms with E-state index < -0.39 is 0 Å². The van der Waals surface area contributed by atoms with Gasteiger partial charge in [-0.15, -0.1) is 0 Å². The first-order chi connectivity index (χ1) is 10.6. The highest BCUT2D eigenvalue weighted by Gasteiger charge is 2.20. The van der Waals surface area contributed by atoms with E-state index in [9.17, 15) is 4.79 Å². The number of nitrogens with zero attached hydrogens (tertiary/aromatic N) is 1. The highest BCUT2D eigenvalue weighted by Crippen LogP contribution is 2.34. The first-order valence-corrected chi connectivity index (χ1v) is 8.13. The molecule has 0 saturated carbocycles. The monoisotopic (exact) mass is 366 g/mol. The smallest absolute Gasteiger partial charge is 0.354 e. The molecule has 1 atom stereocenters. The normalized spacial score (nSPS) is 17.9. The Kier molecular flexibility index (Phi) is 4.40. The SMILES string of the molecule is COC(=O)c1cc2c(OC[C@@H]3CCCN3)ccc(Br)c2n1C. The fourth-order valence-corrected chi connectivity index (χ4v) is 3.52. The molecule has 0 amide bonds. The molecule has 6 heteroatoms. The molecule has 2 heterocycles. The summed E-state index contributed by atoms with van der Waals surface area (Å²) in [7, 11) is 3.24. The van der Waals surface area contributed by atoms with Gasteiger partial charge in [0.1, 0.15) is 18.1 Å². The molecule has 2 aromatic rings. The number of methoxy groups -OCH3 is 1. The van der Waals surface area contributed by atoms with Gasteiger partial charge in [-0.3, -0.25) is 0 Å². The van der Waals surface area contributed by atoms with Crippen LogP contribution in [0.25, 0.3) is 10.9 Å². The number of nitrogens with one attached hydrogen (secondary N) is 1. The number of aromatic nitrogens is 1. The second kappa shape index (κ2) is 6.30. The molecule has 5 nitrogen and oxygen atoms in total. The minimum absolute atomic E-state index is 0.353. The average molecular weight is 367 g/mol. The van der Waals surface area contributed by atoms with Gasteiger partial charge in [-0.05, 0) is 53.5 Å². The largest absolute Gasteiger partial charge is 0.491 e. The number of ether oxygens (including phenoxy) is 2. The summed E-state index contributed by atoms with van der Waals surface area (Å²) in [4.78, 5) is 11.9. The van der Waals surface area contributed by atoms with E-state index in [1.165, 1.54) is 13.5 Å². The van der Waals surface area contributed by atoms with E-state index in [0.717, 1.165) is 34.1 Å². The lowest BCUT2D eigenvalue weighted by atomic mass is 10.2. The molecule has 1 fully saturated rings. The Balaban J connectivity index is 1.96. The van der Waals surface area contributed by atoms with Crippen molar-refractivity contribution >= 4 is 32.8 Å². The van der Waals surface area contributed by atoms with Crippen molar-refractivity contribution in [2.75, 3.05) is 20.3 Å². The standard InChI is InChI=1S/C16H19BrN2O3/c1-19-13(16(20)21-2)8-11-14(6-5-12(17)15(11)19)22-9-10-4-3-7-18-10/h5-6,8,10,18H,3-4,7,9H2,1-2H3/t10-/m0/s1. The Labute approximate surface area is 137 Å². The van der Waals surface area contributed by atoms with E-state index in [-0.39, 0.29) is 5.97 Å². The van der Waals surface area contributed by atoms with E-state index in [2.05, 4.69) is 21.2 Å². The van der Waals surface area contributed by atoms with E-state index >= 15 is 0 Å². The predicted octanol–water partition coefficient (Wildman–Crippen LogP) is 2.86. The number of carbonyl (C=O) groups is 1. The van der Waals surface area contributed by atoms with Crippen LogP contribution in [-0.2, 0) is 11.8 Å². The van der Waals surface area contributed by atoms with Crippen LogP contribution in [0.4, 0.5) is 0 Å². The number of halogens is 1. The van der Waals surface area contributed by atoms with Crippen LogP contribution < -0.4 is 10.1 Å². The van der Waals surface area contributed by atoms with Gasteiger partial charge >= 0.3 is 5.97 Å². The van der Waals surface area contributed by atoms with Gasteiger partial charge in [0, 0.05) is 22.9 Å². The van der Waals surface area contributed by atoms with Gasteiger partial charge in [0.05, 0.1) is 12.6 Å². The zero-order valence-corrected chi connectivity index (χ0v) is 14.3. The van der Waals surface area contributed by atoms with Crippen LogP contribution in [0, 0.1) is 0 Å². The molecule has 1 aliphatic heterocycles. The minimum Gasteiger partial charge on any atom is -0.491 e. The molecule has 0 bridgehead atoms. The Morgan fingerprint density at radius 3 is 3.00 bits per heavy atom. The van der Waals surface area contributed by atoms with E-state index in [0.29, 0.717) is 18.3 Å². The summed E-state index contributed by atoms with van der Waals surface area (Å²) in [6.07, 6.45) is 2.34. The van der Waals surface area contributed by atoms with Crippen LogP contribution in [0.15, 0.2) is 22.7 Å². The molecule has 0 spiro atoms. The van der Waals surface area contributed by atoms with Crippen LogP contribution in [0.2, 0.25) is 0 Å². The maximum absolute atomic E-state index is 11.9. The summed E-state index contributed by atoms with van der Waals surface area (Å²) in [5.74, 6) is 0.437. The maximum atomic E-state index is 11.9. The fraction of sp³-hybridized carbons (Fsp3) is 0.438. The molecule has 1 saturated heterocycles. The van der Waals surface area contributed by atoms with Crippen LogP contribution in [0.5, 0.6) is 5.75 Å². The van der Waals surface area contributed by atoms with Gasteiger partial charge in [0.2, 0.25) is 0 Å². The number of rotatable bonds is 4. The van der Waals surface area contributed by atoms with Gasteiger partial charge in [-0.1, -0.05) is 0 Å². The first kappa shape index (κ1) is 15.4. The number of hydrogen-bond acceptors (Lipinski definition) is 4. The lowest BCUT2D eigenvalue weighted by Crippen LogP contribution is -2.28. The van der Waals surface area contributed by atoms with Crippen molar-refractivity contribution in [3.63, 3.8) is 0 Å². The van der Waals surface area contributed by atoms with Gasteiger partial charge in [-0.2, -0.15) is 0 Å². The summed E-state index contributed by atoms with van der Waals surface area (Å²) >= 11 is 3.54. The lowest BCUT2D eigenvalue weighted by molar-refractivity contribution is 0.0590. The molecule has 1 N–H and O–H groups in total. The number of hydrogen-bond donors (Lipinski definition) is 1. The topological polar surface area (TPSA) is 52.5 Å². The van der Waals surface area contributed by atoms with Crippen molar-refractivity contribution < 1.29 is 14.3 Å². The molecule has 1 aliphatic rings. The second-order valence-electron chi connectivity index (χ2n) is 5.49. The quantitative estimate of drug-likeness (QED) is 0.845. The summed E-state index contributed by atoms with van der Waals surface area (Å²) in [5, 5.41) is 4.33. The Morgan fingerprint density at radius 2 is 2.32 bits per heavy atom. The van der Waals surface area contributed by atoms with Crippen molar-refractivity contribution in [3.05, 3.63) is 28.4 Å². The van der Waals surface area contributed by atoms with Gasteiger partial charge in [0.15, 0.2) is 0 Å². The molecule has 22 heavy (non-hydrogen) atoms. The molecular weight excluding hydrogens is 348 g/mol. The summed E-state index contributed by atoms with van der Waals surface area (Å²) in [6, 6.07) is 6.11. The number of carbonyl (C=O) groups excluding carboxylic acids is 1. The number of fused-ring (bicyclic) bond motifs is 1. The van der Waals surface area contributed by atoms with E-state index in [4.69, 9.17) is 9.47 Å². The third kappa shape index (κ3) is 2.73. The molecule has 1 aromatic heterocycles. The summed E-state index contributed by atoms with van der Waals surface area (Å²) in [6.45, 7) is 1.70. The molecule has 1 aromatic carbocycles. The molecule has 0 aliphatic carbocycles. The third-order valence-electron chi connectivity index (χ3n) is 4.10.